The van der Waals surface area contributed by atoms with Gasteiger partial charge in [-0.1, -0.05) is 24.3 Å². The normalized spacial score (nSPS) is 28.2. The fraction of sp³-hybridized carbons (Fsp3) is 0.500. The third-order valence-corrected chi connectivity index (χ3v) is 4.68. The minimum Gasteiger partial charge on any atom is -0.481 e. The monoisotopic (exact) mass is 288 g/mol. The van der Waals surface area contributed by atoms with Crippen molar-refractivity contribution in [3.63, 3.8) is 0 Å². The molecule has 1 saturated heterocycles. The Hall–Kier alpha value is -1.88. The first-order chi connectivity index (χ1) is 9.99. The Bertz CT molecular complexity index is 587. The number of likely N-dealkylation sites (tertiary alicyclic amines) is 1. The maximum Gasteiger partial charge on any atom is 0.311 e. The van der Waals surface area contributed by atoms with E-state index in [9.17, 15) is 14.7 Å². The van der Waals surface area contributed by atoms with Crippen molar-refractivity contribution in [1.29, 1.82) is 0 Å². The number of benzene rings is 1. The summed E-state index contributed by atoms with van der Waals surface area (Å²) in [7, 11) is 0. The van der Waals surface area contributed by atoms with Gasteiger partial charge in [-0.15, -0.1) is 0 Å². The van der Waals surface area contributed by atoms with Crippen LogP contribution in [0.4, 0.5) is 0 Å². The number of amides is 1. The summed E-state index contributed by atoms with van der Waals surface area (Å²) in [5.41, 5.74) is 1.63. The third-order valence-electron chi connectivity index (χ3n) is 4.68. The first-order valence-electron chi connectivity index (χ1n) is 7.32. The molecule has 2 atom stereocenters. The summed E-state index contributed by atoms with van der Waals surface area (Å²) in [5, 5.41) is 12.5. The van der Waals surface area contributed by atoms with Crippen molar-refractivity contribution < 1.29 is 14.7 Å². The van der Waals surface area contributed by atoms with Crippen LogP contribution in [-0.2, 0) is 22.6 Å². The van der Waals surface area contributed by atoms with Crippen molar-refractivity contribution in [1.82, 2.24) is 10.2 Å². The topological polar surface area (TPSA) is 69.6 Å². The zero-order valence-corrected chi connectivity index (χ0v) is 12.1. The first-order valence-corrected chi connectivity index (χ1v) is 7.32. The molecule has 1 aromatic rings. The van der Waals surface area contributed by atoms with E-state index in [0.29, 0.717) is 32.5 Å². The molecule has 2 N–H and O–H groups in total. The van der Waals surface area contributed by atoms with Crippen LogP contribution in [0.2, 0.25) is 0 Å². The van der Waals surface area contributed by atoms with Crippen LogP contribution in [0.25, 0.3) is 0 Å². The van der Waals surface area contributed by atoms with Crippen LogP contribution in [0.3, 0.4) is 0 Å². The Morgan fingerprint density at radius 1 is 1.33 bits per heavy atom. The molecule has 0 bridgehead atoms. The summed E-state index contributed by atoms with van der Waals surface area (Å²) in [4.78, 5) is 25.6. The Kier molecular flexibility index (Phi) is 3.45. The maximum absolute atomic E-state index is 12.6. The Morgan fingerprint density at radius 3 is 2.71 bits per heavy atom. The molecule has 21 heavy (non-hydrogen) atoms. The molecule has 0 saturated carbocycles. The number of rotatable bonds is 2. The van der Waals surface area contributed by atoms with Gasteiger partial charge in [-0.25, -0.2) is 0 Å². The van der Waals surface area contributed by atoms with Crippen LogP contribution in [-0.4, -0.2) is 41.0 Å². The van der Waals surface area contributed by atoms with Crippen LogP contribution in [0.15, 0.2) is 24.3 Å². The lowest BCUT2D eigenvalue weighted by Crippen LogP contribution is -2.49. The van der Waals surface area contributed by atoms with Crippen molar-refractivity contribution in [2.75, 3.05) is 13.1 Å². The highest BCUT2D eigenvalue weighted by atomic mass is 16.4. The molecule has 0 spiro atoms. The predicted octanol–water partition coefficient (Wildman–Crippen LogP) is 1.02. The molecule has 3 rings (SSSR count). The lowest BCUT2D eigenvalue weighted by molar-refractivity contribution is -0.147. The fourth-order valence-electron chi connectivity index (χ4n) is 3.17. The maximum atomic E-state index is 12.6. The molecule has 1 aromatic carbocycles. The van der Waals surface area contributed by atoms with Gasteiger partial charge in [0.05, 0.1) is 11.5 Å². The summed E-state index contributed by atoms with van der Waals surface area (Å²) in [5.74, 6) is -0.797. The summed E-state index contributed by atoms with van der Waals surface area (Å²) in [6, 6.07) is 7.88. The molecule has 0 radical (unpaired) electrons. The van der Waals surface area contributed by atoms with E-state index in [0.717, 1.165) is 0 Å². The highest BCUT2D eigenvalue weighted by molar-refractivity contribution is 5.84. The van der Waals surface area contributed by atoms with E-state index in [2.05, 4.69) is 17.4 Å². The molecule has 1 amide bonds. The molecular weight excluding hydrogens is 268 g/mol. The minimum absolute atomic E-state index is 0.0227. The quantitative estimate of drug-likeness (QED) is 0.852. The van der Waals surface area contributed by atoms with E-state index in [1.54, 1.807) is 11.8 Å². The van der Waals surface area contributed by atoms with Gasteiger partial charge >= 0.3 is 5.97 Å². The molecule has 1 unspecified atom stereocenters. The second kappa shape index (κ2) is 5.15. The van der Waals surface area contributed by atoms with Crippen molar-refractivity contribution in [3.05, 3.63) is 35.4 Å². The lowest BCUT2D eigenvalue weighted by atomic mass is 9.90. The predicted molar refractivity (Wildman–Crippen MR) is 77.7 cm³/mol. The van der Waals surface area contributed by atoms with Gasteiger partial charge in [-0.3, -0.25) is 9.59 Å². The Morgan fingerprint density at radius 2 is 2.05 bits per heavy atom. The second-order valence-electron chi connectivity index (χ2n) is 6.28. The SMILES string of the molecule is CC1(C(=O)O)CCN(C(=O)[C@H]2Cc3ccccc3CN2)C1. The number of nitrogens with zero attached hydrogens (tertiary/aromatic N) is 1. The van der Waals surface area contributed by atoms with Gasteiger partial charge < -0.3 is 15.3 Å². The van der Waals surface area contributed by atoms with E-state index >= 15 is 0 Å². The van der Waals surface area contributed by atoms with Crippen LogP contribution in [0, 0.1) is 5.41 Å². The third kappa shape index (κ3) is 2.53. The number of hydrogen-bond donors (Lipinski definition) is 2. The van der Waals surface area contributed by atoms with E-state index in [-0.39, 0.29) is 11.9 Å². The number of nitrogens with one attached hydrogen (secondary N) is 1. The van der Waals surface area contributed by atoms with Crippen LogP contribution < -0.4 is 5.32 Å². The summed E-state index contributed by atoms with van der Waals surface area (Å²) >= 11 is 0. The van der Waals surface area contributed by atoms with Gasteiger partial charge in [0, 0.05) is 19.6 Å². The van der Waals surface area contributed by atoms with Crippen molar-refractivity contribution in [3.8, 4) is 0 Å². The standard InChI is InChI=1S/C16H20N2O3/c1-16(15(20)21)6-7-18(10-16)14(19)13-8-11-4-2-3-5-12(11)9-17-13/h2-5,13,17H,6-10H2,1H3,(H,20,21)/t13-,16?/m1/s1. The van der Waals surface area contributed by atoms with Crippen molar-refractivity contribution in [2.45, 2.75) is 32.4 Å². The van der Waals surface area contributed by atoms with Gasteiger partial charge in [0.15, 0.2) is 0 Å². The number of fused-ring (bicyclic) bond motifs is 1. The molecule has 5 nitrogen and oxygen atoms in total. The summed E-state index contributed by atoms with van der Waals surface area (Å²) < 4.78 is 0. The molecule has 0 aromatic heterocycles. The molecule has 1 fully saturated rings. The van der Waals surface area contributed by atoms with Crippen LogP contribution >= 0.6 is 0 Å². The largest absolute Gasteiger partial charge is 0.481 e. The average Bonchev–Trinajstić information content (AvgIpc) is 2.90. The number of carbonyl (C=O) groups is 2. The molecular formula is C16H20N2O3. The van der Waals surface area contributed by atoms with E-state index in [1.165, 1.54) is 11.1 Å². The molecule has 2 aliphatic rings. The molecule has 5 heteroatoms. The number of carboxylic acid groups (broad SMARTS) is 1. The smallest absolute Gasteiger partial charge is 0.311 e. The van der Waals surface area contributed by atoms with E-state index in [4.69, 9.17) is 0 Å². The molecule has 2 heterocycles. The average molecular weight is 288 g/mol. The molecule has 2 aliphatic heterocycles. The summed E-state index contributed by atoms with van der Waals surface area (Å²) in [6.45, 7) is 3.24. The zero-order chi connectivity index (χ0) is 15.0. The number of carboxylic acids is 1. The molecule has 112 valence electrons. The highest BCUT2D eigenvalue weighted by Gasteiger charge is 2.43. The van der Waals surface area contributed by atoms with Gasteiger partial charge in [0.25, 0.3) is 0 Å². The van der Waals surface area contributed by atoms with Gasteiger partial charge in [-0.05, 0) is 30.9 Å². The van der Waals surface area contributed by atoms with E-state index in [1.807, 2.05) is 12.1 Å². The Labute approximate surface area is 123 Å². The fourth-order valence-corrected chi connectivity index (χ4v) is 3.17. The Balaban J connectivity index is 1.69. The van der Waals surface area contributed by atoms with Gasteiger partial charge in [0.1, 0.15) is 0 Å². The van der Waals surface area contributed by atoms with Gasteiger partial charge in [-0.2, -0.15) is 0 Å². The first kappa shape index (κ1) is 14.1. The second-order valence-corrected chi connectivity index (χ2v) is 6.28. The van der Waals surface area contributed by atoms with Crippen LogP contribution in [0.1, 0.15) is 24.5 Å². The number of hydrogen-bond acceptors (Lipinski definition) is 3. The minimum atomic E-state index is -0.820. The van der Waals surface area contributed by atoms with Crippen LogP contribution in [0.5, 0.6) is 0 Å². The number of aliphatic carboxylic acids is 1. The van der Waals surface area contributed by atoms with Crippen molar-refractivity contribution in [2.24, 2.45) is 5.41 Å². The number of carbonyl (C=O) groups excluding carboxylic acids is 1. The lowest BCUT2D eigenvalue weighted by Gasteiger charge is -2.29. The molecule has 0 aliphatic carbocycles. The zero-order valence-electron chi connectivity index (χ0n) is 12.1. The van der Waals surface area contributed by atoms with E-state index < -0.39 is 11.4 Å². The van der Waals surface area contributed by atoms with Crippen molar-refractivity contribution >= 4 is 11.9 Å². The summed E-state index contributed by atoms with van der Waals surface area (Å²) in [6.07, 6.45) is 1.20. The van der Waals surface area contributed by atoms with Gasteiger partial charge in [0.2, 0.25) is 5.91 Å². The highest BCUT2D eigenvalue weighted by Crippen LogP contribution is 2.31.